The number of benzene rings is 1. The first-order valence-electron chi connectivity index (χ1n) is 9.61. The smallest absolute Gasteiger partial charge is 0.239 e. The Balaban J connectivity index is 1.79. The average molecular weight is 432 g/mol. The summed E-state index contributed by atoms with van der Waals surface area (Å²) in [5.74, 6) is -0.244. The SMILES string of the molecule is COc1ccc([C@H]2C(=O)N(C)C(=N)N[C@]2(C)c2cc(-c3cccc(C#N)c3)cs2)cn1. The van der Waals surface area contributed by atoms with E-state index in [1.807, 2.05) is 42.6 Å². The highest BCUT2D eigenvalue weighted by molar-refractivity contribution is 7.10. The van der Waals surface area contributed by atoms with Crippen LogP contribution in [0.2, 0.25) is 0 Å². The number of rotatable bonds is 4. The average Bonchev–Trinajstić information content (AvgIpc) is 3.29. The van der Waals surface area contributed by atoms with Crippen LogP contribution in [0.25, 0.3) is 11.1 Å². The lowest BCUT2D eigenvalue weighted by molar-refractivity contribution is -0.131. The second-order valence-electron chi connectivity index (χ2n) is 7.53. The fourth-order valence-corrected chi connectivity index (χ4v) is 4.91. The minimum absolute atomic E-state index is 0.0478. The molecule has 0 saturated carbocycles. The maximum atomic E-state index is 13.3. The fourth-order valence-electron chi connectivity index (χ4n) is 3.84. The lowest BCUT2D eigenvalue weighted by atomic mass is 9.77. The molecule has 0 radical (unpaired) electrons. The predicted octanol–water partition coefficient (Wildman–Crippen LogP) is 3.69. The van der Waals surface area contributed by atoms with Gasteiger partial charge in [-0.15, -0.1) is 11.3 Å². The first kappa shape index (κ1) is 20.6. The van der Waals surface area contributed by atoms with Gasteiger partial charge in [0.1, 0.15) is 0 Å². The first-order chi connectivity index (χ1) is 14.9. The molecular weight excluding hydrogens is 410 g/mol. The van der Waals surface area contributed by atoms with E-state index in [0.717, 1.165) is 21.6 Å². The van der Waals surface area contributed by atoms with E-state index in [1.165, 1.54) is 16.2 Å². The molecule has 1 amide bonds. The van der Waals surface area contributed by atoms with E-state index in [2.05, 4.69) is 16.4 Å². The van der Waals surface area contributed by atoms with E-state index in [1.54, 1.807) is 32.5 Å². The standard InChI is InChI=1S/C23H21N5O2S/c1-23(18-10-17(13-31-18)15-6-4-5-14(9-15)11-24)20(21(29)28(2)22(25)27-23)16-7-8-19(30-3)26-12-16/h4-10,12-13,20H,1-3H3,(H2,25,27)/t20-,23+/m0/s1. The zero-order valence-corrected chi connectivity index (χ0v) is 18.2. The van der Waals surface area contributed by atoms with Crippen LogP contribution in [0.5, 0.6) is 5.88 Å². The largest absolute Gasteiger partial charge is 0.481 e. The van der Waals surface area contributed by atoms with Crippen molar-refractivity contribution in [3.63, 3.8) is 0 Å². The van der Waals surface area contributed by atoms with Crippen LogP contribution in [-0.2, 0) is 10.3 Å². The van der Waals surface area contributed by atoms with Crippen molar-refractivity contribution < 1.29 is 9.53 Å². The number of amides is 1. The van der Waals surface area contributed by atoms with Crippen molar-refractivity contribution in [1.29, 1.82) is 10.7 Å². The van der Waals surface area contributed by atoms with E-state index < -0.39 is 11.5 Å². The van der Waals surface area contributed by atoms with Gasteiger partial charge in [-0.2, -0.15) is 5.26 Å². The number of carbonyl (C=O) groups is 1. The third-order valence-electron chi connectivity index (χ3n) is 5.61. The molecule has 2 N–H and O–H groups in total. The molecule has 3 aromatic rings. The maximum Gasteiger partial charge on any atom is 0.239 e. The van der Waals surface area contributed by atoms with Gasteiger partial charge in [0, 0.05) is 24.2 Å². The number of nitrogens with zero attached hydrogens (tertiary/aromatic N) is 3. The van der Waals surface area contributed by atoms with Crippen LogP contribution in [0.15, 0.2) is 54.0 Å². The summed E-state index contributed by atoms with van der Waals surface area (Å²) in [6, 6.07) is 15.2. The van der Waals surface area contributed by atoms with Gasteiger partial charge in [0.2, 0.25) is 11.8 Å². The third-order valence-corrected chi connectivity index (χ3v) is 6.77. The number of nitrogens with one attached hydrogen (secondary N) is 2. The Morgan fingerprint density at radius 1 is 1.29 bits per heavy atom. The molecule has 3 heterocycles. The summed E-state index contributed by atoms with van der Waals surface area (Å²) in [6.07, 6.45) is 1.65. The summed E-state index contributed by atoms with van der Waals surface area (Å²) in [5, 5.41) is 22.7. The molecule has 0 aliphatic carbocycles. The quantitative estimate of drug-likeness (QED) is 0.656. The van der Waals surface area contributed by atoms with Gasteiger partial charge >= 0.3 is 0 Å². The molecule has 7 nitrogen and oxygen atoms in total. The van der Waals surface area contributed by atoms with Crippen molar-refractivity contribution >= 4 is 23.2 Å². The van der Waals surface area contributed by atoms with E-state index >= 15 is 0 Å². The Kier molecular flexibility index (Phi) is 5.21. The van der Waals surface area contributed by atoms with Crippen LogP contribution in [-0.4, -0.2) is 35.9 Å². The normalized spacial score (nSPS) is 20.8. The topological polar surface area (TPSA) is 102 Å². The van der Waals surface area contributed by atoms with Gasteiger partial charge in [-0.1, -0.05) is 18.2 Å². The Morgan fingerprint density at radius 2 is 2.10 bits per heavy atom. The highest BCUT2D eigenvalue weighted by Crippen LogP contribution is 2.44. The molecule has 0 spiro atoms. The molecular formula is C23H21N5O2S. The van der Waals surface area contributed by atoms with Gasteiger partial charge in [-0.05, 0) is 47.2 Å². The molecule has 1 aliphatic rings. The molecule has 31 heavy (non-hydrogen) atoms. The molecule has 1 aromatic carbocycles. The number of nitriles is 1. The molecule has 4 rings (SSSR count). The van der Waals surface area contributed by atoms with Gasteiger partial charge in [0.25, 0.3) is 0 Å². The maximum absolute atomic E-state index is 13.3. The van der Waals surface area contributed by atoms with Crippen molar-refractivity contribution in [3.05, 3.63) is 70.0 Å². The number of thiophene rings is 1. The zero-order valence-electron chi connectivity index (χ0n) is 17.3. The number of carbonyl (C=O) groups excluding carboxylic acids is 1. The number of hydrogen-bond donors (Lipinski definition) is 2. The molecule has 1 fully saturated rings. The summed E-state index contributed by atoms with van der Waals surface area (Å²) in [7, 11) is 3.14. The van der Waals surface area contributed by atoms with E-state index in [0.29, 0.717) is 11.4 Å². The lowest BCUT2D eigenvalue weighted by Gasteiger charge is -2.45. The molecule has 2 atom stereocenters. The van der Waals surface area contributed by atoms with Gasteiger partial charge < -0.3 is 10.1 Å². The molecule has 1 saturated heterocycles. The zero-order chi connectivity index (χ0) is 22.2. The van der Waals surface area contributed by atoms with Crippen molar-refractivity contribution in [2.75, 3.05) is 14.2 Å². The van der Waals surface area contributed by atoms with Crippen LogP contribution >= 0.6 is 11.3 Å². The number of hydrogen-bond acceptors (Lipinski definition) is 6. The monoisotopic (exact) mass is 431 g/mol. The first-order valence-corrected chi connectivity index (χ1v) is 10.5. The summed E-state index contributed by atoms with van der Waals surface area (Å²) >= 11 is 1.52. The van der Waals surface area contributed by atoms with Crippen molar-refractivity contribution in [2.45, 2.75) is 18.4 Å². The summed E-state index contributed by atoms with van der Waals surface area (Å²) in [6.45, 7) is 1.93. The predicted molar refractivity (Wildman–Crippen MR) is 119 cm³/mol. The second-order valence-corrected chi connectivity index (χ2v) is 8.44. The van der Waals surface area contributed by atoms with Crippen molar-refractivity contribution in [3.8, 4) is 23.1 Å². The summed E-state index contributed by atoms with van der Waals surface area (Å²) in [5.41, 5.74) is 2.38. The fraction of sp³-hybridized carbons (Fsp3) is 0.217. The molecule has 0 bridgehead atoms. The van der Waals surface area contributed by atoms with Crippen LogP contribution in [0, 0.1) is 16.7 Å². The Morgan fingerprint density at radius 3 is 2.77 bits per heavy atom. The minimum atomic E-state index is -0.841. The van der Waals surface area contributed by atoms with Gasteiger partial charge in [-0.25, -0.2) is 4.98 Å². The van der Waals surface area contributed by atoms with E-state index in [4.69, 9.17) is 10.1 Å². The minimum Gasteiger partial charge on any atom is -0.481 e. The van der Waals surface area contributed by atoms with Crippen LogP contribution < -0.4 is 10.1 Å². The summed E-state index contributed by atoms with van der Waals surface area (Å²) in [4.78, 5) is 19.8. The lowest BCUT2D eigenvalue weighted by Crippen LogP contribution is -2.62. The molecule has 0 unspecified atom stereocenters. The molecule has 2 aromatic heterocycles. The second kappa shape index (κ2) is 7.85. The Hall–Kier alpha value is -3.70. The highest BCUT2D eigenvalue weighted by Gasteiger charge is 2.49. The van der Waals surface area contributed by atoms with E-state index in [9.17, 15) is 10.1 Å². The summed E-state index contributed by atoms with van der Waals surface area (Å²) < 4.78 is 5.15. The number of pyridine rings is 1. The number of aromatic nitrogens is 1. The van der Waals surface area contributed by atoms with Gasteiger partial charge in [-0.3, -0.25) is 15.1 Å². The van der Waals surface area contributed by atoms with Crippen LogP contribution in [0.4, 0.5) is 0 Å². The number of methoxy groups -OCH3 is 1. The molecule has 156 valence electrons. The molecule has 8 heteroatoms. The Labute approximate surface area is 184 Å². The van der Waals surface area contributed by atoms with Gasteiger partial charge in [0.15, 0.2) is 5.96 Å². The van der Waals surface area contributed by atoms with Crippen LogP contribution in [0.3, 0.4) is 0 Å². The van der Waals surface area contributed by atoms with Crippen molar-refractivity contribution in [2.24, 2.45) is 0 Å². The number of ether oxygens (including phenoxy) is 1. The number of likely N-dealkylation sites (N-methyl/N-ethyl adjacent to an activating group) is 1. The highest BCUT2D eigenvalue weighted by atomic mass is 32.1. The van der Waals surface area contributed by atoms with E-state index in [-0.39, 0.29) is 11.9 Å². The van der Waals surface area contributed by atoms with Gasteiger partial charge in [0.05, 0.1) is 30.2 Å². The number of guanidine groups is 1. The van der Waals surface area contributed by atoms with Crippen LogP contribution in [0.1, 0.15) is 28.8 Å². The van der Waals surface area contributed by atoms with Crippen molar-refractivity contribution in [1.82, 2.24) is 15.2 Å². The Bertz CT molecular complexity index is 1200. The third kappa shape index (κ3) is 3.53. The molecule has 1 aliphatic heterocycles.